The zero-order valence-corrected chi connectivity index (χ0v) is 31.1. The molecule has 5 N–H and O–H groups in total. The molecule has 23 heteroatoms. The molecule has 2 saturated heterocycles. The van der Waals surface area contributed by atoms with E-state index in [2.05, 4.69) is 29.9 Å². The fraction of sp³-hybridized carbons (Fsp3) is 0.464. The van der Waals surface area contributed by atoms with E-state index in [9.17, 15) is 34.9 Å². The number of imidazole rings is 1. The Morgan fingerprint density at radius 2 is 1.96 bits per heavy atom. The number of aromatic nitrogens is 7. The number of ether oxygens (including phenoxy) is 3. The van der Waals surface area contributed by atoms with Gasteiger partial charge in [0.25, 0.3) is 5.56 Å². The van der Waals surface area contributed by atoms with E-state index in [1.54, 1.807) is 11.5 Å². The summed E-state index contributed by atoms with van der Waals surface area (Å²) in [5.74, 6) is 0.0233. The molecule has 0 bridgehead atoms. The maximum Gasteiger partial charge on any atom is 1.00 e. The van der Waals surface area contributed by atoms with Gasteiger partial charge in [-0.2, -0.15) is 0 Å². The number of H-pyrrole nitrogens is 1. The van der Waals surface area contributed by atoms with E-state index in [0.29, 0.717) is 16.9 Å². The Bertz CT molecular complexity index is 2070. The molecule has 0 spiro atoms. The summed E-state index contributed by atoms with van der Waals surface area (Å²) < 4.78 is 30.8. The topological polar surface area (TPSA) is 274 Å². The SMILES string of the molecule is COC1[C@@H](OP([O-])(=S)OC[C@H]2O[C@@H](n3cnc4c(N=Cc5c(CO)cnc(C)c5O)ncnc43)C[C@H]2O)[C@@H](CO)O[C@H]1n1ccc(=O)[nH]c1=O.[Na+]. The molecule has 0 aliphatic carbocycles. The number of nitrogens with one attached hydrogen (secondary N) is 1. The Labute approximate surface area is 315 Å². The van der Waals surface area contributed by atoms with Crippen molar-refractivity contribution in [3.8, 4) is 5.75 Å². The zero-order valence-electron chi connectivity index (χ0n) is 27.4. The second-order valence-corrected chi connectivity index (χ2v) is 14.0. The van der Waals surface area contributed by atoms with Gasteiger partial charge >= 0.3 is 35.2 Å². The van der Waals surface area contributed by atoms with Crippen molar-refractivity contribution in [1.29, 1.82) is 0 Å². The Hall–Kier alpha value is -2.86. The monoisotopic (exact) mass is 758 g/mol. The van der Waals surface area contributed by atoms with E-state index in [4.69, 9.17) is 35.1 Å². The van der Waals surface area contributed by atoms with Gasteiger partial charge in [0.05, 0.1) is 37.9 Å². The van der Waals surface area contributed by atoms with Crippen LogP contribution in [0.2, 0.25) is 0 Å². The van der Waals surface area contributed by atoms with Crippen molar-refractivity contribution in [2.24, 2.45) is 4.99 Å². The minimum Gasteiger partial charge on any atom is -0.780 e. The number of fused-ring (bicyclic) bond motifs is 1. The molecule has 0 amide bonds. The van der Waals surface area contributed by atoms with Crippen LogP contribution in [0, 0.1) is 6.92 Å². The Morgan fingerprint density at radius 3 is 2.67 bits per heavy atom. The summed E-state index contributed by atoms with van der Waals surface area (Å²) in [6.45, 7) is -4.18. The summed E-state index contributed by atoms with van der Waals surface area (Å²) in [4.78, 5) is 60.5. The van der Waals surface area contributed by atoms with E-state index >= 15 is 0 Å². The first-order valence-corrected chi connectivity index (χ1v) is 17.6. The largest absolute Gasteiger partial charge is 1.00 e. The van der Waals surface area contributed by atoms with Gasteiger partial charge in [0.15, 0.2) is 23.2 Å². The molecule has 8 atom stereocenters. The number of aliphatic hydroxyl groups excluding tert-OH is 3. The Balaban J connectivity index is 0.00000504. The molecular formula is C28H32N8NaO12PS. The van der Waals surface area contributed by atoms with Crippen molar-refractivity contribution < 1.29 is 78.1 Å². The fourth-order valence-electron chi connectivity index (χ4n) is 5.66. The van der Waals surface area contributed by atoms with Gasteiger partial charge in [0, 0.05) is 49.3 Å². The number of hydrogen-bond acceptors (Lipinski definition) is 18. The van der Waals surface area contributed by atoms with Crippen LogP contribution in [0.1, 0.15) is 35.7 Å². The number of pyridine rings is 1. The van der Waals surface area contributed by atoms with Gasteiger partial charge in [-0.25, -0.2) is 24.7 Å². The van der Waals surface area contributed by atoms with Crippen molar-refractivity contribution in [3.63, 3.8) is 0 Å². The van der Waals surface area contributed by atoms with Crippen LogP contribution in [0.5, 0.6) is 5.75 Å². The molecule has 0 aromatic carbocycles. The number of aliphatic hydroxyl groups is 3. The third kappa shape index (κ3) is 8.21. The third-order valence-corrected chi connectivity index (χ3v) is 9.75. The molecule has 6 heterocycles. The van der Waals surface area contributed by atoms with Crippen molar-refractivity contribution in [2.45, 2.75) is 62.9 Å². The van der Waals surface area contributed by atoms with Gasteiger partial charge in [0.2, 0.25) is 0 Å². The smallest absolute Gasteiger partial charge is 0.780 e. The number of hydrogen-bond donors (Lipinski definition) is 5. The summed E-state index contributed by atoms with van der Waals surface area (Å²) in [5.41, 5.74) is 0.149. The van der Waals surface area contributed by atoms with Gasteiger partial charge < -0.3 is 48.6 Å². The van der Waals surface area contributed by atoms with Crippen molar-refractivity contribution in [1.82, 2.24) is 34.1 Å². The van der Waals surface area contributed by atoms with E-state index in [0.717, 1.165) is 10.6 Å². The zero-order chi connectivity index (χ0) is 35.7. The minimum atomic E-state index is -4.35. The minimum absolute atomic E-state index is 0. The molecule has 2 aliphatic rings. The average Bonchev–Trinajstić information content (AvgIpc) is 3.79. The fourth-order valence-corrected chi connectivity index (χ4v) is 7.08. The van der Waals surface area contributed by atoms with Crippen LogP contribution in [0.25, 0.3) is 11.2 Å². The summed E-state index contributed by atoms with van der Waals surface area (Å²) in [6.07, 6.45) is -0.848. The number of aromatic amines is 1. The second-order valence-electron chi connectivity index (χ2n) is 11.3. The van der Waals surface area contributed by atoms with Crippen LogP contribution in [0.3, 0.4) is 0 Å². The number of aliphatic imine (C=N–C) groups is 1. The van der Waals surface area contributed by atoms with Crippen LogP contribution in [-0.4, -0.2) is 112 Å². The van der Waals surface area contributed by atoms with Gasteiger partial charge in [-0.3, -0.25) is 23.9 Å². The molecule has 2 fully saturated rings. The molecular weight excluding hydrogens is 726 g/mol. The van der Waals surface area contributed by atoms with E-state index < -0.39 is 74.2 Å². The number of methoxy groups -OCH3 is 1. The molecule has 0 radical (unpaired) electrons. The first-order chi connectivity index (χ1) is 23.9. The van der Waals surface area contributed by atoms with E-state index in [1.165, 1.54) is 38.4 Å². The molecule has 2 unspecified atom stereocenters. The normalized spacial score (nSPS) is 26.1. The summed E-state index contributed by atoms with van der Waals surface area (Å²) >= 11 is 5.12. The average molecular weight is 759 g/mol. The molecule has 51 heavy (non-hydrogen) atoms. The first kappa shape index (κ1) is 39.3. The molecule has 20 nitrogen and oxygen atoms in total. The summed E-state index contributed by atoms with van der Waals surface area (Å²) in [5, 5.41) is 40.8. The number of nitrogens with zero attached hydrogens (tertiary/aromatic N) is 7. The Kier molecular flexibility index (Phi) is 12.7. The number of rotatable bonds is 12. The molecule has 0 saturated carbocycles. The van der Waals surface area contributed by atoms with Crippen LogP contribution in [0.4, 0.5) is 5.82 Å². The van der Waals surface area contributed by atoms with Crippen molar-refractivity contribution in [3.05, 3.63) is 68.8 Å². The summed E-state index contributed by atoms with van der Waals surface area (Å²) in [6, 6.07) is 1.10. The summed E-state index contributed by atoms with van der Waals surface area (Å²) in [7, 11) is 1.28. The van der Waals surface area contributed by atoms with Gasteiger partial charge in [-0.1, -0.05) is 11.8 Å². The van der Waals surface area contributed by atoms with E-state index in [1.807, 2.05) is 0 Å². The van der Waals surface area contributed by atoms with Gasteiger partial charge in [-0.05, 0) is 6.92 Å². The number of aryl methyl sites for hydroxylation is 1. The molecule has 4 aromatic heterocycles. The van der Waals surface area contributed by atoms with Crippen LogP contribution >= 0.6 is 6.72 Å². The molecule has 2 aliphatic heterocycles. The quantitative estimate of drug-likeness (QED) is 0.0518. The predicted molar refractivity (Wildman–Crippen MR) is 172 cm³/mol. The second kappa shape index (κ2) is 16.4. The van der Waals surface area contributed by atoms with Crippen LogP contribution in [-0.2, 0) is 41.7 Å². The molecule has 4 aromatic rings. The van der Waals surface area contributed by atoms with Gasteiger partial charge in [-0.15, -0.1) is 0 Å². The van der Waals surface area contributed by atoms with Gasteiger partial charge in [0.1, 0.15) is 49.4 Å². The first-order valence-electron chi connectivity index (χ1n) is 15.0. The Morgan fingerprint density at radius 1 is 1.18 bits per heavy atom. The maximum atomic E-state index is 13.3. The third-order valence-electron chi connectivity index (χ3n) is 8.21. The number of aromatic hydroxyl groups is 1. The predicted octanol–water partition coefficient (Wildman–Crippen LogP) is -4.43. The van der Waals surface area contributed by atoms with Crippen LogP contribution < -0.4 is 45.7 Å². The molecule has 268 valence electrons. The standard InChI is InChI=1S/C28H33N8O12PS.Na/c1-13-22(41)15(14(8-37)6-29-13)7-30-25-21-26(32-11-31-25)36(12-33-21)20-5-16(39)18(46-20)10-45-49(43,50)48-23-17(9-38)47-27(24(23)44-2)35-4-3-19(40)34-28(35)42;/h3-4,6-7,11-12,16-18,20,23-24,27,37-39,41H,5,8-10H2,1-2H3,(H,43,50)(H,34,40,42);/q;+1/p-1/t16-,17-,18-,20-,23+,24?,27-,49?;/m1./s1. The maximum absolute atomic E-state index is 13.3. The van der Waals surface area contributed by atoms with Crippen molar-refractivity contribution >= 4 is 41.7 Å². The van der Waals surface area contributed by atoms with E-state index in [-0.39, 0.29) is 65.2 Å². The van der Waals surface area contributed by atoms with Crippen LogP contribution in [0.15, 0.2) is 45.7 Å². The van der Waals surface area contributed by atoms with Crippen molar-refractivity contribution in [2.75, 3.05) is 20.3 Å². The molecule has 6 rings (SSSR count).